The van der Waals surface area contributed by atoms with Crippen molar-refractivity contribution in [2.75, 3.05) is 5.32 Å². The van der Waals surface area contributed by atoms with Crippen LogP contribution in [-0.4, -0.2) is 10.5 Å². The van der Waals surface area contributed by atoms with Gasteiger partial charge < -0.3 is 9.88 Å². The molecule has 0 radical (unpaired) electrons. The largest absolute Gasteiger partial charge is 0.416 e. The number of anilines is 1. The van der Waals surface area contributed by atoms with Crippen LogP contribution >= 0.6 is 0 Å². The molecule has 1 aromatic heterocycles. The second kappa shape index (κ2) is 7.95. The van der Waals surface area contributed by atoms with Crippen molar-refractivity contribution in [3.8, 4) is 0 Å². The van der Waals surface area contributed by atoms with Crippen molar-refractivity contribution in [2.24, 2.45) is 0 Å². The molecule has 0 aliphatic carbocycles. The minimum absolute atomic E-state index is 0.0761. The molecular formula is C22H19F3N2O2. The van der Waals surface area contributed by atoms with Gasteiger partial charge in [0.15, 0.2) is 0 Å². The van der Waals surface area contributed by atoms with Crippen molar-refractivity contribution < 1.29 is 18.0 Å². The summed E-state index contributed by atoms with van der Waals surface area (Å²) in [5, 5.41) is 2.75. The molecule has 0 atom stereocenters. The van der Waals surface area contributed by atoms with E-state index in [2.05, 4.69) is 5.32 Å². The predicted octanol–water partition coefficient (Wildman–Crippen LogP) is 4.78. The molecule has 29 heavy (non-hydrogen) atoms. The fraction of sp³-hybridized carbons (Fsp3) is 0.182. The van der Waals surface area contributed by atoms with Crippen LogP contribution < -0.4 is 10.9 Å². The van der Waals surface area contributed by atoms with Gasteiger partial charge in [0.2, 0.25) is 0 Å². The van der Waals surface area contributed by atoms with Crippen LogP contribution in [-0.2, 0) is 12.7 Å². The summed E-state index contributed by atoms with van der Waals surface area (Å²) in [5.41, 5.74) is 1.22. The molecule has 1 heterocycles. The van der Waals surface area contributed by atoms with Crippen LogP contribution in [0.1, 0.15) is 32.6 Å². The summed E-state index contributed by atoms with van der Waals surface area (Å²) < 4.78 is 39.9. The highest BCUT2D eigenvalue weighted by atomic mass is 19.4. The van der Waals surface area contributed by atoms with Crippen molar-refractivity contribution in [2.45, 2.75) is 26.6 Å². The predicted molar refractivity (Wildman–Crippen MR) is 105 cm³/mol. The van der Waals surface area contributed by atoms with E-state index >= 15 is 0 Å². The number of alkyl halides is 3. The zero-order chi connectivity index (χ0) is 21.2. The normalized spacial score (nSPS) is 11.3. The molecule has 0 saturated heterocycles. The van der Waals surface area contributed by atoms with Gasteiger partial charge in [0.05, 0.1) is 12.1 Å². The molecule has 0 saturated carbocycles. The van der Waals surface area contributed by atoms with E-state index in [4.69, 9.17) is 0 Å². The topological polar surface area (TPSA) is 51.1 Å². The zero-order valence-corrected chi connectivity index (χ0v) is 15.9. The number of carbonyl (C=O) groups excluding carboxylic acids is 1. The lowest BCUT2D eigenvalue weighted by atomic mass is 10.1. The number of aromatic nitrogens is 1. The van der Waals surface area contributed by atoms with Crippen molar-refractivity contribution in [1.82, 2.24) is 4.57 Å². The highest BCUT2D eigenvalue weighted by Gasteiger charge is 2.30. The number of nitrogens with zero attached hydrogens (tertiary/aromatic N) is 1. The van der Waals surface area contributed by atoms with E-state index in [0.717, 1.165) is 23.3 Å². The minimum Gasteiger partial charge on any atom is -0.321 e. The summed E-state index contributed by atoms with van der Waals surface area (Å²) in [6, 6.07) is 13.2. The number of pyridine rings is 1. The Bertz CT molecular complexity index is 1100. The number of aryl methyl sites for hydroxylation is 2. The summed E-state index contributed by atoms with van der Waals surface area (Å²) in [7, 11) is 0. The summed E-state index contributed by atoms with van der Waals surface area (Å²) in [6.07, 6.45) is -3.02. The first-order valence-electron chi connectivity index (χ1n) is 8.90. The Labute approximate surface area is 165 Å². The molecule has 2 aromatic carbocycles. The van der Waals surface area contributed by atoms with Crippen LogP contribution in [0.2, 0.25) is 0 Å². The maximum absolute atomic E-state index is 12.9. The molecule has 150 valence electrons. The number of hydrogen-bond acceptors (Lipinski definition) is 2. The lowest BCUT2D eigenvalue weighted by molar-refractivity contribution is -0.137. The highest BCUT2D eigenvalue weighted by molar-refractivity contribution is 6.04. The SMILES string of the molecule is Cc1cccc(C)c1NC(=O)c1cccn(Cc2cccc(C(F)(F)F)c2)c1=O. The summed E-state index contributed by atoms with van der Waals surface area (Å²) in [5.74, 6) is -0.564. The summed E-state index contributed by atoms with van der Waals surface area (Å²) in [6.45, 7) is 3.62. The Kier molecular flexibility index (Phi) is 5.59. The molecular weight excluding hydrogens is 381 g/mol. The molecule has 0 aliphatic heterocycles. The molecule has 7 heteroatoms. The molecule has 0 spiro atoms. The number of carbonyl (C=O) groups is 1. The van der Waals surface area contributed by atoms with Crippen LogP contribution in [0.4, 0.5) is 18.9 Å². The lowest BCUT2D eigenvalue weighted by Gasteiger charge is -2.13. The minimum atomic E-state index is -4.46. The number of rotatable bonds is 4. The van der Waals surface area contributed by atoms with Crippen molar-refractivity contribution in [1.29, 1.82) is 0 Å². The average molecular weight is 400 g/mol. The Morgan fingerprint density at radius 3 is 2.31 bits per heavy atom. The number of hydrogen-bond donors (Lipinski definition) is 1. The van der Waals surface area contributed by atoms with E-state index in [0.29, 0.717) is 11.3 Å². The number of amides is 1. The van der Waals surface area contributed by atoms with Crippen LogP contribution in [0, 0.1) is 13.8 Å². The molecule has 0 fully saturated rings. The highest BCUT2D eigenvalue weighted by Crippen LogP contribution is 2.29. The first-order chi connectivity index (χ1) is 13.7. The fourth-order valence-corrected chi connectivity index (χ4v) is 3.07. The molecule has 3 rings (SSSR count). The molecule has 1 N–H and O–H groups in total. The van der Waals surface area contributed by atoms with Gasteiger partial charge in [-0.3, -0.25) is 9.59 Å². The smallest absolute Gasteiger partial charge is 0.321 e. The van der Waals surface area contributed by atoms with E-state index in [1.807, 2.05) is 32.0 Å². The summed E-state index contributed by atoms with van der Waals surface area (Å²) >= 11 is 0. The van der Waals surface area contributed by atoms with Crippen LogP contribution in [0.25, 0.3) is 0 Å². The van der Waals surface area contributed by atoms with E-state index in [1.54, 1.807) is 0 Å². The third-order valence-electron chi connectivity index (χ3n) is 4.59. The van der Waals surface area contributed by atoms with Crippen molar-refractivity contribution in [3.63, 3.8) is 0 Å². The number of para-hydroxylation sites is 1. The van der Waals surface area contributed by atoms with E-state index in [-0.39, 0.29) is 12.1 Å². The molecule has 0 aliphatic rings. The van der Waals surface area contributed by atoms with Gasteiger partial charge >= 0.3 is 6.18 Å². The third-order valence-corrected chi connectivity index (χ3v) is 4.59. The third kappa shape index (κ3) is 4.56. The van der Waals surface area contributed by atoms with Gasteiger partial charge in [-0.05, 0) is 54.8 Å². The monoisotopic (exact) mass is 400 g/mol. The van der Waals surface area contributed by atoms with E-state index < -0.39 is 23.2 Å². The van der Waals surface area contributed by atoms with Crippen molar-refractivity contribution >= 4 is 11.6 Å². The van der Waals surface area contributed by atoms with Gasteiger partial charge in [0, 0.05) is 11.9 Å². The maximum atomic E-state index is 12.9. The summed E-state index contributed by atoms with van der Waals surface area (Å²) in [4.78, 5) is 25.4. The lowest BCUT2D eigenvalue weighted by Crippen LogP contribution is -2.29. The zero-order valence-electron chi connectivity index (χ0n) is 15.9. The maximum Gasteiger partial charge on any atom is 0.416 e. The quantitative estimate of drug-likeness (QED) is 0.685. The standard InChI is InChI=1S/C22H19F3N2O2/c1-14-6-3-7-15(2)19(14)26-20(28)18-10-5-11-27(21(18)29)13-16-8-4-9-17(12-16)22(23,24)25/h3-12H,13H2,1-2H3,(H,26,28). The van der Waals surface area contributed by atoms with Gasteiger partial charge in [-0.2, -0.15) is 13.2 Å². The van der Waals surface area contributed by atoms with E-state index in [1.165, 1.54) is 35.0 Å². The average Bonchev–Trinajstić information content (AvgIpc) is 2.66. The number of benzene rings is 2. The van der Waals surface area contributed by atoms with Crippen LogP contribution in [0.5, 0.6) is 0 Å². The molecule has 4 nitrogen and oxygen atoms in total. The van der Waals surface area contributed by atoms with Crippen LogP contribution in [0.15, 0.2) is 65.6 Å². The van der Waals surface area contributed by atoms with Gasteiger partial charge in [0.25, 0.3) is 11.5 Å². The van der Waals surface area contributed by atoms with Gasteiger partial charge in [-0.1, -0.05) is 30.3 Å². The molecule has 0 bridgehead atoms. The Balaban J connectivity index is 1.89. The second-order valence-electron chi connectivity index (χ2n) is 6.77. The van der Waals surface area contributed by atoms with Gasteiger partial charge in [0.1, 0.15) is 5.56 Å². The van der Waals surface area contributed by atoms with E-state index in [9.17, 15) is 22.8 Å². The molecule has 3 aromatic rings. The first kappa shape index (κ1) is 20.4. The Morgan fingerprint density at radius 1 is 1.00 bits per heavy atom. The van der Waals surface area contributed by atoms with Crippen molar-refractivity contribution in [3.05, 3.63) is 99.0 Å². The number of nitrogens with one attached hydrogen (secondary N) is 1. The first-order valence-corrected chi connectivity index (χ1v) is 8.90. The van der Waals surface area contributed by atoms with Gasteiger partial charge in [-0.25, -0.2) is 0 Å². The van der Waals surface area contributed by atoms with Gasteiger partial charge in [-0.15, -0.1) is 0 Å². The Hall–Kier alpha value is -3.35. The number of halogens is 3. The fourth-order valence-electron chi connectivity index (χ4n) is 3.07. The molecule has 1 amide bonds. The molecule has 0 unspecified atom stereocenters. The van der Waals surface area contributed by atoms with Crippen LogP contribution in [0.3, 0.4) is 0 Å². The Morgan fingerprint density at radius 2 is 1.66 bits per heavy atom. The second-order valence-corrected chi connectivity index (χ2v) is 6.77.